The zero-order valence-electron chi connectivity index (χ0n) is 9.80. The molecule has 2 unspecified atom stereocenters. The van der Waals surface area contributed by atoms with E-state index >= 15 is 0 Å². The van der Waals surface area contributed by atoms with Crippen molar-refractivity contribution < 1.29 is 8.78 Å². The maximum Gasteiger partial charge on any atom is 0.248 e. The number of halogens is 4. The highest BCUT2D eigenvalue weighted by Crippen LogP contribution is 2.42. The van der Waals surface area contributed by atoms with Gasteiger partial charge in [0, 0.05) is 26.9 Å². The predicted octanol–water partition coefficient (Wildman–Crippen LogP) is 4.88. The van der Waals surface area contributed by atoms with Crippen LogP contribution < -0.4 is 5.73 Å². The highest BCUT2D eigenvalue weighted by atomic mass is 127. The molecule has 1 aromatic carbocycles. The molecule has 5 heteroatoms. The fourth-order valence-corrected chi connectivity index (χ4v) is 3.58. The van der Waals surface area contributed by atoms with Crippen molar-refractivity contribution in [2.24, 2.45) is 11.7 Å². The summed E-state index contributed by atoms with van der Waals surface area (Å²) in [4.78, 5) is 0. The minimum atomic E-state index is -2.48. The van der Waals surface area contributed by atoms with Crippen LogP contribution >= 0.6 is 38.5 Å². The van der Waals surface area contributed by atoms with Gasteiger partial charge in [0.25, 0.3) is 0 Å². The molecule has 18 heavy (non-hydrogen) atoms. The maximum atomic E-state index is 13.1. The van der Waals surface area contributed by atoms with Crippen LogP contribution in [0.2, 0.25) is 0 Å². The lowest BCUT2D eigenvalue weighted by molar-refractivity contribution is 0.00446. The second-order valence-electron chi connectivity index (χ2n) is 4.97. The molecule has 100 valence electrons. The van der Waals surface area contributed by atoms with Crippen LogP contribution in [0.5, 0.6) is 0 Å². The van der Waals surface area contributed by atoms with Crippen LogP contribution in [0.25, 0.3) is 0 Å². The number of hydrogen-bond acceptors (Lipinski definition) is 1. The highest BCUT2D eigenvalue weighted by molar-refractivity contribution is 14.1. The molecule has 1 saturated carbocycles. The van der Waals surface area contributed by atoms with Crippen molar-refractivity contribution in [2.45, 2.75) is 37.6 Å². The Morgan fingerprint density at radius 2 is 2.22 bits per heavy atom. The normalized spacial score (nSPS) is 24.2. The van der Waals surface area contributed by atoms with Gasteiger partial charge < -0.3 is 5.73 Å². The zero-order chi connectivity index (χ0) is 13.3. The van der Waals surface area contributed by atoms with Gasteiger partial charge in [-0.1, -0.05) is 15.9 Å². The second-order valence-corrected chi connectivity index (χ2v) is 7.07. The van der Waals surface area contributed by atoms with Crippen LogP contribution in [0.3, 0.4) is 0 Å². The van der Waals surface area contributed by atoms with Gasteiger partial charge in [-0.2, -0.15) is 0 Å². The lowest BCUT2D eigenvalue weighted by atomic mass is 9.94. The third-order valence-electron chi connectivity index (χ3n) is 3.45. The molecule has 2 rings (SSSR count). The van der Waals surface area contributed by atoms with Crippen LogP contribution in [0.1, 0.15) is 37.3 Å². The number of nitrogens with two attached hydrogens (primary N) is 1. The molecule has 1 fully saturated rings. The van der Waals surface area contributed by atoms with Crippen molar-refractivity contribution in [1.29, 1.82) is 0 Å². The molecule has 0 radical (unpaired) electrons. The summed E-state index contributed by atoms with van der Waals surface area (Å²) >= 11 is 5.70. The van der Waals surface area contributed by atoms with E-state index in [-0.39, 0.29) is 24.8 Å². The molecule has 1 nitrogen and oxygen atoms in total. The second kappa shape index (κ2) is 5.71. The lowest BCUT2D eigenvalue weighted by Gasteiger charge is -2.18. The van der Waals surface area contributed by atoms with Gasteiger partial charge in [-0.05, 0) is 65.1 Å². The quantitative estimate of drug-likeness (QED) is 0.681. The number of alkyl halides is 2. The van der Waals surface area contributed by atoms with Crippen LogP contribution in [-0.2, 0) is 0 Å². The Labute approximate surface area is 128 Å². The molecule has 2 atom stereocenters. The van der Waals surface area contributed by atoms with Crippen molar-refractivity contribution >= 4 is 38.5 Å². The van der Waals surface area contributed by atoms with Crippen molar-refractivity contribution in [3.05, 3.63) is 31.8 Å². The standard InChI is InChI=1S/C13H15BrF2IN/c14-11-2-1-9(17)6-10(11)12(18)5-8-3-4-13(15,16)7-8/h1-2,6,8,12H,3-5,7,18H2. The van der Waals surface area contributed by atoms with Gasteiger partial charge in [0.1, 0.15) is 0 Å². The van der Waals surface area contributed by atoms with E-state index in [1.807, 2.05) is 18.2 Å². The first kappa shape index (κ1) is 14.7. The first-order valence-corrected chi connectivity index (χ1v) is 7.83. The average Bonchev–Trinajstić information content (AvgIpc) is 2.61. The number of rotatable bonds is 3. The molecule has 1 aromatic rings. The molecule has 1 aliphatic rings. The summed E-state index contributed by atoms with van der Waals surface area (Å²) in [6.07, 6.45) is 1.22. The highest BCUT2D eigenvalue weighted by Gasteiger charge is 2.39. The third kappa shape index (κ3) is 3.63. The van der Waals surface area contributed by atoms with Crippen molar-refractivity contribution in [2.75, 3.05) is 0 Å². The molecular weight excluding hydrogens is 415 g/mol. The van der Waals surface area contributed by atoms with E-state index in [4.69, 9.17) is 5.73 Å². The van der Waals surface area contributed by atoms with E-state index in [1.165, 1.54) is 0 Å². The maximum absolute atomic E-state index is 13.1. The average molecular weight is 430 g/mol. The van der Waals surface area contributed by atoms with Gasteiger partial charge in [0.05, 0.1) is 0 Å². The Balaban J connectivity index is 2.04. The predicted molar refractivity (Wildman–Crippen MR) is 80.7 cm³/mol. The zero-order valence-corrected chi connectivity index (χ0v) is 13.5. The lowest BCUT2D eigenvalue weighted by Crippen LogP contribution is -2.16. The van der Waals surface area contributed by atoms with Crippen LogP contribution in [-0.4, -0.2) is 5.92 Å². The van der Waals surface area contributed by atoms with Gasteiger partial charge in [0.15, 0.2) is 0 Å². The largest absolute Gasteiger partial charge is 0.324 e. The fourth-order valence-electron chi connectivity index (χ4n) is 2.53. The SMILES string of the molecule is NC(CC1CCC(F)(F)C1)c1cc(I)ccc1Br. The first-order chi connectivity index (χ1) is 8.37. The molecule has 0 aliphatic heterocycles. The van der Waals surface area contributed by atoms with E-state index in [0.717, 1.165) is 13.6 Å². The van der Waals surface area contributed by atoms with Gasteiger partial charge in [0.2, 0.25) is 5.92 Å². The van der Waals surface area contributed by atoms with Crippen molar-refractivity contribution in [3.8, 4) is 0 Å². The summed E-state index contributed by atoms with van der Waals surface area (Å²) < 4.78 is 28.3. The first-order valence-electron chi connectivity index (χ1n) is 5.96. The third-order valence-corrected chi connectivity index (χ3v) is 4.84. The fraction of sp³-hybridized carbons (Fsp3) is 0.538. The van der Waals surface area contributed by atoms with Crippen molar-refractivity contribution in [1.82, 2.24) is 0 Å². The van der Waals surface area contributed by atoms with Gasteiger partial charge >= 0.3 is 0 Å². The molecule has 0 saturated heterocycles. The van der Waals surface area contributed by atoms with E-state index in [9.17, 15) is 8.78 Å². The smallest absolute Gasteiger partial charge is 0.248 e. The molecule has 0 bridgehead atoms. The Hall–Kier alpha value is 0.250. The summed E-state index contributed by atoms with van der Waals surface area (Å²) in [6, 6.07) is 5.79. The molecule has 2 N–H and O–H groups in total. The topological polar surface area (TPSA) is 26.0 Å². The molecule has 0 aromatic heterocycles. The Kier molecular flexibility index (Phi) is 4.65. The summed E-state index contributed by atoms with van der Waals surface area (Å²) in [5.74, 6) is -2.44. The van der Waals surface area contributed by atoms with E-state index in [0.29, 0.717) is 12.8 Å². The van der Waals surface area contributed by atoms with Crippen LogP contribution in [0.15, 0.2) is 22.7 Å². The summed E-state index contributed by atoms with van der Waals surface area (Å²) in [6.45, 7) is 0. The van der Waals surface area contributed by atoms with Crippen molar-refractivity contribution in [3.63, 3.8) is 0 Å². The minimum absolute atomic E-state index is 0.0117. The van der Waals surface area contributed by atoms with Crippen LogP contribution in [0.4, 0.5) is 8.78 Å². The Bertz CT molecular complexity index is 439. The van der Waals surface area contributed by atoms with Crippen LogP contribution in [0, 0.1) is 9.49 Å². The van der Waals surface area contributed by atoms with Gasteiger partial charge in [-0.15, -0.1) is 0 Å². The molecule has 0 amide bonds. The minimum Gasteiger partial charge on any atom is -0.324 e. The summed E-state index contributed by atoms with van der Waals surface area (Å²) in [5.41, 5.74) is 7.17. The van der Waals surface area contributed by atoms with E-state index in [1.54, 1.807) is 0 Å². The van der Waals surface area contributed by atoms with E-state index in [2.05, 4.69) is 38.5 Å². The molecule has 1 aliphatic carbocycles. The monoisotopic (exact) mass is 429 g/mol. The summed E-state index contributed by atoms with van der Waals surface area (Å²) in [5, 5.41) is 0. The Morgan fingerprint density at radius 3 is 2.83 bits per heavy atom. The molecule has 0 spiro atoms. The molecule has 0 heterocycles. The molecular formula is C13H15BrF2IN. The van der Waals surface area contributed by atoms with Gasteiger partial charge in [-0.3, -0.25) is 0 Å². The van der Waals surface area contributed by atoms with E-state index < -0.39 is 5.92 Å². The number of hydrogen-bond donors (Lipinski definition) is 1. The van der Waals surface area contributed by atoms with Gasteiger partial charge in [-0.25, -0.2) is 8.78 Å². The summed E-state index contributed by atoms with van der Waals surface area (Å²) in [7, 11) is 0. The Morgan fingerprint density at radius 1 is 1.50 bits per heavy atom. The number of benzene rings is 1.